The van der Waals surface area contributed by atoms with Crippen molar-refractivity contribution in [3.63, 3.8) is 0 Å². The summed E-state index contributed by atoms with van der Waals surface area (Å²) in [5.74, 6) is -3.14. The molecule has 1 aliphatic carbocycles. The van der Waals surface area contributed by atoms with Gasteiger partial charge in [-0.15, -0.1) is 0 Å². The zero-order valence-electron chi connectivity index (χ0n) is 34.7. The number of hydrogen-bond acceptors (Lipinski definition) is 9. The summed E-state index contributed by atoms with van der Waals surface area (Å²) in [4.78, 5) is 53.3. The summed E-state index contributed by atoms with van der Waals surface area (Å²) >= 11 is 0. The number of ketones is 1. The summed E-state index contributed by atoms with van der Waals surface area (Å²) in [6.07, 6.45) is 4.74. The number of piperidine rings is 1. The quantitative estimate of drug-likeness (QED) is 0.137. The lowest BCUT2D eigenvalue weighted by Crippen LogP contribution is -2.56. The van der Waals surface area contributed by atoms with Crippen LogP contribution >= 0.6 is 0 Å². The molecule has 0 spiro atoms. The van der Waals surface area contributed by atoms with E-state index in [1.165, 1.54) is 6.20 Å². The SMILES string of the molecule is C=C1CCC(N2Cc3cc(OC4CC(N5CCN(c6ccc(-c7cnc8[nH]cc(C(=O)c9c(F)ccc(NS(=O)(=O)N%10CC[C@@H](F)C%10)c9F)c8c7)cc6)CC5)C4)ccc3C2=O)C(=O)N1. The van der Waals surface area contributed by atoms with Crippen molar-refractivity contribution in [1.29, 1.82) is 0 Å². The maximum Gasteiger partial charge on any atom is 0.301 e. The number of nitrogens with zero attached hydrogens (tertiary/aromatic N) is 5. The van der Waals surface area contributed by atoms with Crippen LogP contribution in [0, 0.1) is 11.6 Å². The first-order valence-electron chi connectivity index (χ1n) is 21.4. The lowest BCUT2D eigenvalue weighted by Gasteiger charge is -2.46. The van der Waals surface area contributed by atoms with E-state index in [0.29, 0.717) is 53.3 Å². The van der Waals surface area contributed by atoms with Crippen LogP contribution in [0.4, 0.5) is 24.5 Å². The van der Waals surface area contributed by atoms with E-state index in [-0.39, 0.29) is 43.0 Å². The number of aromatic nitrogens is 2. The molecule has 3 N–H and O–H groups in total. The van der Waals surface area contributed by atoms with Crippen LogP contribution in [-0.2, 0) is 21.5 Å². The molecule has 18 heteroatoms. The van der Waals surface area contributed by atoms with Crippen molar-refractivity contribution < 1.29 is 40.7 Å². The predicted molar refractivity (Wildman–Crippen MR) is 233 cm³/mol. The van der Waals surface area contributed by atoms with Crippen LogP contribution in [0.15, 0.2) is 85.3 Å². The van der Waals surface area contributed by atoms with E-state index < -0.39 is 51.1 Å². The second-order valence-electron chi connectivity index (χ2n) is 17.1. The van der Waals surface area contributed by atoms with Gasteiger partial charge in [-0.25, -0.2) is 18.2 Å². The number of ether oxygens (including phenoxy) is 1. The molecule has 2 aromatic heterocycles. The lowest BCUT2D eigenvalue weighted by atomic mass is 9.87. The second-order valence-corrected chi connectivity index (χ2v) is 18.8. The summed E-state index contributed by atoms with van der Waals surface area (Å²) in [7, 11) is -4.35. The first kappa shape index (κ1) is 41.8. The summed E-state index contributed by atoms with van der Waals surface area (Å²) in [6, 6.07) is 16.9. The normalized spacial score (nSPS) is 23.0. The summed E-state index contributed by atoms with van der Waals surface area (Å²) in [5.41, 5.74) is 3.44. The van der Waals surface area contributed by atoms with Crippen LogP contribution in [-0.4, -0.2) is 114 Å². The van der Waals surface area contributed by atoms with Gasteiger partial charge in [0.1, 0.15) is 35.5 Å². The average Bonchev–Trinajstić information content (AvgIpc) is 4.00. The Bertz CT molecular complexity index is 2830. The molecule has 3 saturated heterocycles. The van der Waals surface area contributed by atoms with Gasteiger partial charge in [0.15, 0.2) is 5.82 Å². The van der Waals surface area contributed by atoms with Crippen LogP contribution < -0.4 is 19.7 Å². The molecule has 64 heavy (non-hydrogen) atoms. The van der Waals surface area contributed by atoms with Gasteiger partial charge in [0.25, 0.3) is 5.91 Å². The van der Waals surface area contributed by atoms with E-state index in [0.717, 1.165) is 78.0 Å². The number of halogens is 3. The van der Waals surface area contributed by atoms with Crippen LogP contribution in [0.3, 0.4) is 0 Å². The molecule has 5 aromatic rings. The molecule has 2 amide bonds. The fourth-order valence-electron chi connectivity index (χ4n) is 9.47. The van der Waals surface area contributed by atoms with Gasteiger partial charge in [0, 0.05) is 111 Å². The number of nitrogens with one attached hydrogen (secondary N) is 3. The van der Waals surface area contributed by atoms with Gasteiger partial charge in [-0.2, -0.15) is 12.7 Å². The fraction of sp³-hybridized carbons (Fsp3) is 0.348. The van der Waals surface area contributed by atoms with Gasteiger partial charge in [-0.05, 0) is 78.9 Å². The second kappa shape index (κ2) is 16.4. The van der Waals surface area contributed by atoms with Crippen molar-refractivity contribution in [2.24, 2.45) is 0 Å². The molecule has 332 valence electrons. The van der Waals surface area contributed by atoms with E-state index >= 15 is 8.78 Å². The number of hydrogen-bond donors (Lipinski definition) is 3. The van der Waals surface area contributed by atoms with Gasteiger partial charge >= 0.3 is 10.2 Å². The Kier molecular flexibility index (Phi) is 10.7. The minimum atomic E-state index is -4.35. The molecule has 2 atom stereocenters. The Morgan fingerprint density at radius 2 is 1.72 bits per heavy atom. The molecular formula is C46H45F3N8O6S. The van der Waals surface area contributed by atoms with Crippen molar-refractivity contribution in [1.82, 2.24) is 29.4 Å². The van der Waals surface area contributed by atoms with Gasteiger partial charge in [0.05, 0.1) is 11.3 Å². The maximum atomic E-state index is 15.7. The number of carbonyl (C=O) groups excluding carboxylic acids is 3. The highest BCUT2D eigenvalue weighted by Crippen LogP contribution is 2.36. The van der Waals surface area contributed by atoms with Crippen LogP contribution in [0.2, 0.25) is 0 Å². The topological polar surface area (TPSA) is 160 Å². The number of piperazine rings is 1. The Morgan fingerprint density at radius 1 is 0.938 bits per heavy atom. The highest BCUT2D eigenvalue weighted by atomic mass is 32.2. The number of anilines is 2. The number of fused-ring (bicyclic) bond motifs is 2. The monoisotopic (exact) mass is 894 g/mol. The fourth-order valence-corrected chi connectivity index (χ4v) is 10.7. The molecule has 10 rings (SSSR count). The molecule has 1 saturated carbocycles. The Balaban J connectivity index is 0.739. The zero-order valence-corrected chi connectivity index (χ0v) is 35.5. The Hall–Kier alpha value is -6.24. The molecular weight excluding hydrogens is 850 g/mol. The van der Waals surface area contributed by atoms with Crippen LogP contribution in [0.1, 0.15) is 63.9 Å². The van der Waals surface area contributed by atoms with Crippen LogP contribution in [0.5, 0.6) is 5.75 Å². The first-order valence-corrected chi connectivity index (χ1v) is 22.8. The van der Waals surface area contributed by atoms with Crippen molar-refractivity contribution in [2.75, 3.05) is 48.9 Å². The third-order valence-corrected chi connectivity index (χ3v) is 14.6. The smallest absolute Gasteiger partial charge is 0.301 e. The first-order chi connectivity index (χ1) is 30.8. The minimum Gasteiger partial charge on any atom is -0.490 e. The van der Waals surface area contributed by atoms with Crippen molar-refractivity contribution in [3.8, 4) is 16.9 Å². The van der Waals surface area contributed by atoms with Crippen molar-refractivity contribution in [2.45, 2.75) is 63.0 Å². The summed E-state index contributed by atoms with van der Waals surface area (Å²) in [5, 5.41) is 3.11. The largest absolute Gasteiger partial charge is 0.490 e. The van der Waals surface area contributed by atoms with Crippen molar-refractivity contribution in [3.05, 3.63) is 119 Å². The molecule has 4 fully saturated rings. The van der Waals surface area contributed by atoms with E-state index in [1.54, 1.807) is 23.2 Å². The summed E-state index contributed by atoms with van der Waals surface area (Å²) < 4.78 is 79.4. The van der Waals surface area contributed by atoms with Gasteiger partial charge in [0.2, 0.25) is 11.7 Å². The molecule has 6 heterocycles. The molecule has 0 radical (unpaired) electrons. The predicted octanol–water partition coefficient (Wildman–Crippen LogP) is 5.92. The number of H-pyrrole nitrogens is 1. The van der Waals surface area contributed by atoms with Gasteiger partial charge in [-0.3, -0.25) is 24.0 Å². The van der Waals surface area contributed by atoms with E-state index in [1.807, 2.05) is 41.1 Å². The Labute approximate surface area is 367 Å². The average molecular weight is 895 g/mol. The molecule has 3 aromatic carbocycles. The van der Waals surface area contributed by atoms with Crippen molar-refractivity contribution >= 4 is 50.2 Å². The maximum absolute atomic E-state index is 15.7. The standard InChI is InChI=1S/C46H45F3N8O6S/c1-26-2-11-40(45(59)52-26)57-24-29-18-33(7-8-35(29)46(57)60)63-34-20-32(21-34)55-16-14-54(15-17-55)31-5-3-27(4-6-31)28-19-36-37(23-51-44(36)50-22-28)43(58)41-38(48)9-10-39(42(41)49)53-64(61,62)56-13-12-30(47)25-56/h3-10,18-19,22-23,30,32,34,40,53H,1-2,11-17,20-21,24-25H2,(H,50,51)(H,52,59)/t30-,32?,34?,40?/m1/s1. The minimum absolute atomic E-state index is 0.00338. The van der Waals surface area contributed by atoms with E-state index in [2.05, 4.69) is 31.7 Å². The van der Waals surface area contributed by atoms with E-state index in [9.17, 15) is 27.2 Å². The molecule has 14 nitrogen and oxygen atoms in total. The number of benzene rings is 3. The van der Waals surface area contributed by atoms with Gasteiger partial charge < -0.3 is 24.8 Å². The number of allylic oxidation sites excluding steroid dienone is 1. The Morgan fingerprint density at radius 3 is 2.45 bits per heavy atom. The molecule has 4 aliphatic heterocycles. The third kappa shape index (κ3) is 7.76. The molecule has 1 unspecified atom stereocenters. The summed E-state index contributed by atoms with van der Waals surface area (Å²) in [6.45, 7) is 7.23. The number of carbonyl (C=O) groups is 3. The third-order valence-electron chi connectivity index (χ3n) is 13.1. The highest BCUT2D eigenvalue weighted by Gasteiger charge is 2.40. The number of rotatable bonds is 11. The molecule has 0 bridgehead atoms. The van der Waals surface area contributed by atoms with E-state index in [4.69, 9.17) is 4.74 Å². The number of alkyl halides is 1. The molecule has 5 aliphatic rings. The lowest BCUT2D eigenvalue weighted by molar-refractivity contribution is -0.126. The highest BCUT2D eigenvalue weighted by molar-refractivity contribution is 7.90. The number of amides is 2. The zero-order chi connectivity index (χ0) is 44.4. The number of pyridine rings is 1. The number of aromatic amines is 1. The van der Waals surface area contributed by atoms with Gasteiger partial charge in [-0.1, -0.05) is 18.7 Å². The van der Waals surface area contributed by atoms with Crippen LogP contribution in [0.25, 0.3) is 22.2 Å².